The Balaban J connectivity index is 1.25. The average molecular weight is 587 g/mol. The minimum Gasteiger partial charge on any atom is -0.0619 e. The van der Waals surface area contributed by atoms with E-state index < -0.39 is 0 Å². The zero-order valence-electron chi connectivity index (χ0n) is 26.4. The van der Waals surface area contributed by atoms with Crippen molar-refractivity contribution < 1.29 is 0 Å². The highest BCUT2D eigenvalue weighted by atomic mass is 14.4. The highest BCUT2D eigenvalue weighted by Crippen LogP contribution is 2.51. The monoisotopic (exact) mass is 586 g/mol. The number of aryl methyl sites for hydroxylation is 1. The van der Waals surface area contributed by atoms with Crippen LogP contribution in [0.4, 0.5) is 0 Å². The molecule has 0 amide bonds. The van der Waals surface area contributed by atoms with Crippen molar-refractivity contribution >= 4 is 32.3 Å². The first-order chi connectivity index (χ1) is 22.5. The van der Waals surface area contributed by atoms with Crippen molar-refractivity contribution in [2.75, 3.05) is 0 Å². The smallest absolute Gasteiger partial charge is 0.0159 e. The van der Waals surface area contributed by atoms with E-state index in [1.807, 2.05) is 0 Å². The fourth-order valence-electron chi connectivity index (χ4n) is 7.97. The molecule has 1 aliphatic carbocycles. The molecule has 218 valence electrons. The van der Waals surface area contributed by atoms with E-state index in [1.165, 1.54) is 93.5 Å². The summed E-state index contributed by atoms with van der Waals surface area (Å²) in [6.07, 6.45) is 0. The van der Waals surface area contributed by atoms with Crippen molar-refractivity contribution in [1.82, 2.24) is 0 Å². The number of benzene rings is 8. The van der Waals surface area contributed by atoms with Crippen molar-refractivity contribution in [3.8, 4) is 44.5 Å². The third-order valence-electron chi connectivity index (χ3n) is 10.3. The van der Waals surface area contributed by atoms with Crippen molar-refractivity contribution in [2.45, 2.75) is 26.2 Å². The Labute approximate surface area is 270 Å². The average Bonchev–Trinajstić information content (AvgIpc) is 3.32. The first kappa shape index (κ1) is 26.9. The summed E-state index contributed by atoms with van der Waals surface area (Å²) in [5.41, 5.74) is 14.4. The maximum Gasteiger partial charge on any atom is 0.0159 e. The highest BCUT2D eigenvalue weighted by Gasteiger charge is 2.35. The van der Waals surface area contributed by atoms with Gasteiger partial charge in [0.2, 0.25) is 0 Å². The van der Waals surface area contributed by atoms with Crippen molar-refractivity contribution in [3.05, 3.63) is 168 Å². The number of hydrogen-bond acceptors (Lipinski definition) is 0. The molecule has 0 heterocycles. The van der Waals surface area contributed by atoms with Gasteiger partial charge in [-0.1, -0.05) is 159 Å². The molecule has 46 heavy (non-hydrogen) atoms. The maximum absolute atomic E-state index is 2.47. The summed E-state index contributed by atoms with van der Waals surface area (Å²) in [5.74, 6) is 0. The topological polar surface area (TPSA) is 0 Å². The zero-order chi connectivity index (χ0) is 31.0. The van der Waals surface area contributed by atoms with Gasteiger partial charge in [-0.2, -0.15) is 0 Å². The van der Waals surface area contributed by atoms with E-state index in [0.29, 0.717) is 0 Å². The van der Waals surface area contributed by atoms with E-state index >= 15 is 0 Å². The first-order valence-corrected chi connectivity index (χ1v) is 16.3. The van der Waals surface area contributed by atoms with Gasteiger partial charge in [-0.25, -0.2) is 0 Å². The molecule has 0 aromatic heterocycles. The number of rotatable bonds is 3. The molecule has 0 aliphatic heterocycles. The minimum absolute atomic E-state index is 0.0454. The molecular formula is C46H34. The van der Waals surface area contributed by atoms with Crippen LogP contribution in [-0.2, 0) is 5.41 Å². The van der Waals surface area contributed by atoms with Gasteiger partial charge in [0.05, 0.1) is 0 Å². The summed E-state index contributed by atoms with van der Waals surface area (Å²) in [7, 11) is 0. The van der Waals surface area contributed by atoms with E-state index in [9.17, 15) is 0 Å². The quantitative estimate of drug-likeness (QED) is 0.181. The van der Waals surface area contributed by atoms with Gasteiger partial charge >= 0.3 is 0 Å². The Morgan fingerprint density at radius 3 is 1.76 bits per heavy atom. The fourth-order valence-corrected chi connectivity index (χ4v) is 7.97. The lowest BCUT2D eigenvalue weighted by Gasteiger charge is -2.23. The van der Waals surface area contributed by atoms with Crippen LogP contribution in [0.15, 0.2) is 152 Å². The summed E-state index contributed by atoms with van der Waals surface area (Å²) in [4.78, 5) is 0. The standard InChI is InChI=1S/C46H34/c1-29-16-24-40-41(26-29)45(35-23-25-37-36-12-8-9-15-42(36)46(2,3)43(37)28-35)39-14-7-6-13-38(39)44(40)32-20-17-31(18-21-32)34-22-19-30-10-4-5-11-33(30)27-34/h4-28H,1-3H3. The van der Waals surface area contributed by atoms with Crippen LogP contribution < -0.4 is 0 Å². The SMILES string of the molecule is Cc1ccc2c(-c3ccc(-c4ccc5ccccc5c4)cc3)c3ccccc3c(-c3ccc4c(c3)C(C)(C)c3ccccc3-4)c2c1. The second-order valence-corrected chi connectivity index (χ2v) is 13.4. The maximum atomic E-state index is 2.47. The summed E-state index contributed by atoms with van der Waals surface area (Å²) in [5, 5.41) is 7.72. The lowest BCUT2D eigenvalue weighted by molar-refractivity contribution is 0.660. The fraction of sp³-hybridized carbons (Fsp3) is 0.0870. The third kappa shape index (κ3) is 4.00. The molecule has 8 aromatic rings. The Morgan fingerprint density at radius 1 is 0.370 bits per heavy atom. The third-order valence-corrected chi connectivity index (χ3v) is 10.3. The summed E-state index contributed by atoms with van der Waals surface area (Å²) < 4.78 is 0. The van der Waals surface area contributed by atoms with E-state index in [0.717, 1.165) is 0 Å². The molecule has 0 atom stereocenters. The molecule has 0 heteroatoms. The summed E-state index contributed by atoms with van der Waals surface area (Å²) in [6.45, 7) is 6.94. The van der Waals surface area contributed by atoms with Crippen LogP contribution in [0.5, 0.6) is 0 Å². The van der Waals surface area contributed by atoms with Gasteiger partial charge in [-0.3, -0.25) is 0 Å². The molecular weight excluding hydrogens is 553 g/mol. The van der Waals surface area contributed by atoms with Crippen LogP contribution in [0, 0.1) is 6.92 Å². The molecule has 0 bridgehead atoms. The Hall–Kier alpha value is -5.46. The first-order valence-electron chi connectivity index (χ1n) is 16.3. The van der Waals surface area contributed by atoms with Gasteiger partial charge in [0.15, 0.2) is 0 Å². The number of fused-ring (bicyclic) bond motifs is 6. The predicted molar refractivity (Wildman–Crippen MR) is 198 cm³/mol. The van der Waals surface area contributed by atoms with Crippen LogP contribution >= 0.6 is 0 Å². The molecule has 8 aromatic carbocycles. The van der Waals surface area contributed by atoms with Crippen molar-refractivity contribution in [3.63, 3.8) is 0 Å². The highest BCUT2D eigenvalue weighted by molar-refractivity contribution is 6.21. The second kappa shape index (κ2) is 10.0. The molecule has 0 saturated heterocycles. The van der Waals surface area contributed by atoms with Crippen molar-refractivity contribution in [2.24, 2.45) is 0 Å². The van der Waals surface area contributed by atoms with Crippen LogP contribution in [0.25, 0.3) is 76.8 Å². The number of hydrogen-bond donors (Lipinski definition) is 0. The van der Waals surface area contributed by atoms with Gasteiger partial charge in [-0.05, 0) is 107 Å². The van der Waals surface area contributed by atoms with Crippen molar-refractivity contribution in [1.29, 1.82) is 0 Å². The molecule has 0 N–H and O–H groups in total. The molecule has 1 aliphatic rings. The lowest BCUT2D eigenvalue weighted by Crippen LogP contribution is -2.14. The molecule has 0 unspecified atom stereocenters. The van der Waals surface area contributed by atoms with Crippen LogP contribution in [0.3, 0.4) is 0 Å². The molecule has 9 rings (SSSR count). The van der Waals surface area contributed by atoms with Gasteiger partial charge in [0.25, 0.3) is 0 Å². The molecule has 0 radical (unpaired) electrons. The molecule has 0 spiro atoms. The van der Waals surface area contributed by atoms with Crippen LogP contribution in [0.1, 0.15) is 30.5 Å². The van der Waals surface area contributed by atoms with Crippen LogP contribution in [-0.4, -0.2) is 0 Å². The Kier molecular flexibility index (Phi) is 5.86. The van der Waals surface area contributed by atoms with E-state index in [-0.39, 0.29) is 5.41 Å². The molecule has 0 saturated carbocycles. The van der Waals surface area contributed by atoms with E-state index in [1.54, 1.807) is 0 Å². The predicted octanol–water partition coefficient (Wildman–Crippen LogP) is 12.8. The molecule has 0 fully saturated rings. The van der Waals surface area contributed by atoms with Crippen LogP contribution in [0.2, 0.25) is 0 Å². The largest absolute Gasteiger partial charge is 0.0619 e. The van der Waals surface area contributed by atoms with Gasteiger partial charge in [-0.15, -0.1) is 0 Å². The van der Waals surface area contributed by atoms with E-state index in [4.69, 9.17) is 0 Å². The Morgan fingerprint density at radius 2 is 0.957 bits per heavy atom. The van der Waals surface area contributed by atoms with Gasteiger partial charge in [0, 0.05) is 5.41 Å². The summed E-state index contributed by atoms with van der Waals surface area (Å²) >= 11 is 0. The second-order valence-electron chi connectivity index (χ2n) is 13.4. The summed E-state index contributed by atoms with van der Waals surface area (Å²) in [6, 6.07) is 56.5. The zero-order valence-corrected chi connectivity index (χ0v) is 26.4. The van der Waals surface area contributed by atoms with Gasteiger partial charge in [0.1, 0.15) is 0 Å². The normalized spacial score (nSPS) is 13.3. The Bertz CT molecular complexity index is 2490. The molecule has 0 nitrogen and oxygen atoms in total. The lowest BCUT2D eigenvalue weighted by atomic mass is 9.80. The van der Waals surface area contributed by atoms with Gasteiger partial charge < -0.3 is 0 Å². The minimum atomic E-state index is -0.0454. The van der Waals surface area contributed by atoms with E-state index in [2.05, 4.69) is 172 Å².